The molecule has 188 valence electrons. The van der Waals surface area contributed by atoms with Gasteiger partial charge in [0.2, 0.25) is 11.8 Å². The fourth-order valence-electron chi connectivity index (χ4n) is 5.53. The number of amides is 2. The number of hydrogen-bond donors (Lipinski definition) is 0. The van der Waals surface area contributed by atoms with Gasteiger partial charge in [0.05, 0.1) is 18.7 Å². The van der Waals surface area contributed by atoms with Crippen LogP contribution in [-0.4, -0.2) is 60.6 Å². The minimum absolute atomic E-state index is 0.00981. The van der Waals surface area contributed by atoms with Gasteiger partial charge < -0.3 is 19.3 Å². The van der Waals surface area contributed by atoms with E-state index in [1.54, 1.807) is 28.4 Å². The Labute approximate surface area is 210 Å². The molecule has 3 aliphatic rings. The van der Waals surface area contributed by atoms with Crippen LogP contribution in [0.2, 0.25) is 0 Å². The molecule has 0 unspecified atom stereocenters. The number of ether oxygens (including phenoxy) is 2. The summed E-state index contributed by atoms with van der Waals surface area (Å²) in [6, 6.07) is 7.75. The van der Waals surface area contributed by atoms with Crippen LogP contribution in [0.3, 0.4) is 0 Å². The quantitative estimate of drug-likeness (QED) is 0.532. The van der Waals surface area contributed by atoms with Crippen LogP contribution in [0.25, 0.3) is 0 Å². The van der Waals surface area contributed by atoms with Gasteiger partial charge in [-0.05, 0) is 73.4 Å². The highest BCUT2D eigenvalue weighted by atomic mass is 32.1. The lowest BCUT2D eigenvalue weighted by molar-refractivity contribution is -0.146. The largest absolute Gasteiger partial charge is 0.491 e. The van der Waals surface area contributed by atoms with E-state index in [4.69, 9.17) is 9.47 Å². The molecule has 0 bridgehead atoms. The van der Waals surface area contributed by atoms with Crippen molar-refractivity contribution < 1.29 is 23.5 Å². The van der Waals surface area contributed by atoms with Crippen LogP contribution in [0.15, 0.2) is 35.7 Å². The van der Waals surface area contributed by atoms with Crippen molar-refractivity contribution in [3.63, 3.8) is 0 Å². The molecule has 1 saturated heterocycles. The zero-order valence-corrected chi connectivity index (χ0v) is 20.8. The molecule has 2 atom stereocenters. The summed E-state index contributed by atoms with van der Waals surface area (Å²) in [7, 11) is 0. The minimum atomic E-state index is -0.315. The van der Waals surface area contributed by atoms with Crippen molar-refractivity contribution in [1.29, 1.82) is 0 Å². The number of rotatable bonds is 8. The molecule has 1 aromatic carbocycles. The van der Waals surface area contributed by atoms with Gasteiger partial charge in [-0.2, -0.15) is 0 Å². The van der Waals surface area contributed by atoms with Crippen molar-refractivity contribution in [3.8, 4) is 5.75 Å². The van der Waals surface area contributed by atoms with Crippen LogP contribution >= 0.6 is 11.3 Å². The van der Waals surface area contributed by atoms with E-state index in [1.165, 1.54) is 17.0 Å². The van der Waals surface area contributed by atoms with Crippen molar-refractivity contribution in [3.05, 3.63) is 52.0 Å². The van der Waals surface area contributed by atoms with Crippen LogP contribution in [0, 0.1) is 11.7 Å². The topological polar surface area (TPSA) is 59.1 Å². The molecule has 0 N–H and O–H groups in total. The molecular weight excluding hydrogens is 467 g/mol. The van der Waals surface area contributed by atoms with Gasteiger partial charge in [-0.3, -0.25) is 9.59 Å². The summed E-state index contributed by atoms with van der Waals surface area (Å²) < 4.78 is 25.1. The van der Waals surface area contributed by atoms with Crippen LogP contribution in [0.4, 0.5) is 4.39 Å². The van der Waals surface area contributed by atoms with Crippen LogP contribution < -0.4 is 4.74 Å². The lowest BCUT2D eigenvalue weighted by atomic mass is 10.00. The van der Waals surface area contributed by atoms with E-state index in [-0.39, 0.29) is 48.8 Å². The zero-order valence-electron chi connectivity index (χ0n) is 20.0. The van der Waals surface area contributed by atoms with Crippen molar-refractivity contribution in [1.82, 2.24) is 9.80 Å². The van der Waals surface area contributed by atoms with E-state index in [1.807, 2.05) is 4.90 Å². The smallest absolute Gasteiger partial charge is 0.242 e. The molecular formula is C27H33FN2O4S. The Balaban J connectivity index is 1.31. The first-order valence-electron chi connectivity index (χ1n) is 12.7. The Morgan fingerprint density at radius 3 is 2.66 bits per heavy atom. The van der Waals surface area contributed by atoms with Gasteiger partial charge in [0.25, 0.3) is 0 Å². The molecule has 8 heteroatoms. The van der Waals surface area contributed by atoms with E-state index in [9.17, 15) is 14.0 Å². The Hall–Kier alpha value is -2.45. The average molecular weight is 501 g/mol. The van der Waals surface area contributed by atoms with Gasteiger partial charge >= 0.3 is 0 Å². The monoisotopic (exact) mass is 500 g/mol. The second kappa shape index (κ2) is 11.1. The van der Waals surface area contributed by atoms with Crippen LogP contribution in [-0.2, 0) is 20.7 Å². The average Bonchev–Trinajstić information content (AvgIpc) is 3.65. The van der Waals surface area contributed by atoms with E-state index < -0.39 is 0 Å². The Bertz CT molecular complexity index is 1010. The number of hydrogen-bond acceptors (Lipinski definition) is 5. The molecule has 2 aliphatic heterocycles. The Morgan fingerprint density at radius 2 is 1.91 bits per heavy atom. The van der Waals surface area contributed by atoms with Gasteiger partial charge in [0.1, 0.15) is 18.2 Å². The van der Waals surface area contributed by atoms with Crippen LogP contribution in [0.1, 0.15) is 55.0 Å². The van der Waals surface area contributed by atoms with Crippen molar-refractivity contribution >= 4 is 23.2 Å². The molecule has 6 nitrogen and oxygen atoms in total. The van der Waals surface area contributed by atoms with E-state index >= 15 is 0 Å². The Morgan fingerprint density at radius 1 is 1.11 bits per heavy atom. The summed E-state index contributed by atoms with van der Waals surface area (Å²) in [6.45, 7) is 2.15. The highest BCUT2D eigenvalue weighted by Gasteiger charge is 2.36. The Kier molecular flexibility index (Phi) is 7.68. The molecule has 1 saturated carbocycles. The predicted octanol–water partition coefficient (Wildman–Crippen LogP) is 4.59. The summed E-state index contributed by atoms with van der Waals surface area (Å²) in [5.74, 6) is 0.312. The number of carbonyl (C=O) groups excluding carboxylic acids is 2. The summed E-state index contributed by atoms with van der Waals surface area (Å²) in [4.78, 5) is 32.0. The maximum Gasteiger partial charge on any atom is 0.242 e. The van der Waals surface area contributed by atoms with Crippen LogP contribution in [0.5, 0.6) is 5.75 Å². The fourth-order valence-corrected chi connectivity index (χ4v) is 6.46. The fraction of sp³-hybridized carbons (Fsp3) is 0.556. The molecule has 2 amide bonds. The second-order valence-corrected chi connectivity index (χ2v) is 10.8. The molecule has 0 spiro atoms. The van der Waals surface area contributed by atoms with E-state index in [0.717, 1.165) is 57.1 Å². The highest BCUT2D eigenvalue weighted by molar-refractivity contribution is 7.10. The second-order valence-electron chi connectivity index (χ2n) is 9.75. The third kappa shape index (κ3) is 5.70. The number of benzene rings is 1. The lowest BCUT2D eigenvalue weighted by Crippen LogP contribution is -2.50. The van der Waals surface area contributed by atoms with Gasteiger partial charge in [0, 0.05) is 30.5 Å². The summed E-state index contributed by atoms with van der Waals surface area (Å²) >= 11 is 1.70. The van der Waals surface area contributed by atoms with Crippen molar-refractivity contribution in [2.45, 2.75) is 57.1 Å². The molecule has 0 radical (unpaired) electrons. The van der Waals surface area contributed by atoms with Crippen molar-refractivity contribution in [2.24, 2.45) is 5.92 Å². The number of carbonyl (C=O) groups is 2. The SMILES string of the molecule is O=C(C1CCCC1)N(CC(=O)N1CCc2sccc2[C@@H]1COc1ccc(F)cc1)C[C@@H]1CCCO1. The predicted molar refractivity (Wildman–Crippen MR) is 132 cm³/mol. The zero-order chi connectivity index (χ0) is 24.2. The molecule has 2 aromatic rings. The third-order valence-electron chi connectivity index (χ3n) is 7.43. The maximum absolute atomic E-state index is 13.7. The highest BCUT2D eigenvalue weighted by Crippen LogP contribution is 2.34. The van der Waals surface area contributed by atoms with Gasteiger partial charge in [-0.1, -0.05) is 12.8 Å². The lowest BCUT2D eigenvalue weighted by Gasteiger charge is -2.37. The summed E-state index contributed by atoms with van der Waals surface area (Å²) in [6.07, 6.45) is 6.71. The minimum Gasteiger partial charge on any atom is -0.491 e. The van der Waals surface area contributed by atoms with E-state index in [2.05, 4.69) is 11.4 Å². The molecule has 1 aliphatic carbocycles. The van der Waals surface area contributed by atoms with Gasteiger partial charge in [-0.15, -0.1) is 11.3 Å². The number of thiophene rings is 1. The molecule has 5 rings (SSSR count). The molecule has 2 fully saturated rings. The first kappa shape index (κ1) is 24.3. The van der Waals surface area contributed by atoms with Gasteiger partial charge in [-0.25, -0.2) is 4.39 Å². The third-order valence-corrected chi connectivity index (χ3v) is 8.42. The summed E-state index contributed by atoms with van der Waals surface area (Å²) in [5.41, 5.74) is 1.10. The van der Waals surface area contributed by atoms with Crippen molar-refractivity contribution in [2.75, 3.05) is 32.8 Å². The number of halogens is 1. The van der Waals surface area contributed by atoms with E-state index in [0.29, 0.717) is 18.8 Å². The molecule has 35 heavy (non-hydrogen) atoms. The maximum atomic E-state index is 13.7. The van der Waals surface area contributed by atoms with Gasteiger partial charge in [0.15, 0.2) is 0 Å². The number of fused-ring (bicyclic) bond motifs is 1. The first-order chi connectivity index (χ1) is 17.1. The molecule has 1 aromatic heterocycles. The normalized spacial score (nSPS) is 22.3. The first-order valence-corrected chi connectivity index (χ1v) is 13.6. The molecule has 3 heterocycles. The standard InChI is InChI=1S/C27H33FN2O4S/c28-20-7-9-21(10-8-20)34-18-24-23-12-15-35-25(23)11-13-30(24)26(31)17-29(16-22-6-3-14-33-22)27(32)19-4-1-2-5-19/h7-10,12,15,19,22,24H,1-6,11,13-14,16-18H2/t22-,24-/m0/s1. The number of nitrogens with zero attached hydrogens (tertiary/aromatic N) is 2. The summed E-state index contributed by atoms with van der Waals surface area (Å²) in [5, 5.41) is 2.05.